The first-order valence-corrected chi connectivity index (χ1v) is 7.17. The molecule has 1 aliphatic heterocycles. The molecular weight excluding hydrogens is 274 g/mol. The summed E-state index contributed by atoms with van der Waals surface area (Å²) in [6.45, 7) is 3.25. The lowest BCUT2D eigenvalue weighted by molar-refractivity contribution is 0.0501. The number of methoxy groups -OCH3 is 1. The predicted molar refractivity (Wildman–Crippen MR) is 77.7 cm³/mol. The molecule has 6 nitrogen and oxygen atoms in total. The smallest absolute Gasteiger partial charge is 0.231 e. The third-order valence-electron chi connectivity index (χ3n) is 3.47. The van der Waals surface area contributed by atoms with Gasteiger partial charge in [-0.25, -0.2) is 0 Å². The standard InChI is InChI=1S/C15H23NO5/c1-3-11(6-7-17)16-8-12-13(19-9-18-2)4-5-14-15(12)21-10-20-14/h4-5,11,16-17H,3,6-10H2,1-2H3. The van der Waals surface area contributed by atoms with Crippen LogP contribution >= 0.6 is 0 Å². The third-order valence-corrected chi connectivity index (χ3v) is 3.47. The highest BCUT2D eigenvalue weighted by atomic mass is 16.7. The summed E-state index contributed by atoms with van der Waals surface area (Å²) in [5.41, 5.74) is 0.915. The normalized spacial score (nSPS) is 14.2. The molecule has 2 N–H and O–H groups in total. The molecule has 0 saturated carbocycles. The molecule has 6 heteroatoms. The second kappa shape index (κ2) is 8.07. The van der Waals surface area contributed by atoms with Gasteiger partial charge in [0.1, 0.15) is 5.75 Å². The number of fused-ring (bicyclic) bond motifs is 1. The maximum Gasteiger partial charge on any atom is 0.231 e. The number of nitrogens with one attached hydrogen (secondary N) is 1. The highest BCUT2D eigenvalue weighted by molar-refractivity contribution is 5.55. The molecule has 1 aliphatic rings. The first-order chi connectivity index (χ1) is 10.3. The van der Waals surface area contributed by atoms with Gasteiger partial charge in [-0.15, -0.1) is 0 Å². The fourth-order valence-electron chi connectivity index (χ4n) is 2.29. The van der Waals surface area contributed by atoms with Crippen LogP contribution in [0.3, 0.4) is 0 Å². The summed E-state index contributed by atoms with van der Waals surface area (Å²) < 4.78 is 21.5. The van der Waals surface area contributed by atoms with Gasteiger partial charge < -0.3 is 29.4 Å². The Morgan fingerprint density at radius 2 is 2.24 bits per heavy atom. The van der Waals surface area contributed by atoms with Crippen LogP contribution in [0.5, 0.6) is 17.2 Å². The Bertz CT molecular complexity index is 452. The monoisotopic (exact) mass is 297 g/mol. The summed E-state index contributed by atoms with van der Waals surface area (Å²) in [4.78, 5) is 0. The van der Waals surface area contributed by atoms with Crippen molar-refractivity contribution < 1.29 is 24.1 Å². The quantitative estimate of drug-likeness (QED) is 0.676. The minimum Gasteiger partial charge on any atom is -0.467 e. The van der Waals surface area contributed by atoms with Gasteiger partial charge in [-0.2, -0.15) is 0 Å². The molecule has 0 amide bonds. The first kappa shape index (κ1) is 15.9. The fraction of sp³-hybridized carbons (Fsp3) is 0.600. The van der Waals surface area contributed by atoms with Crippen LogP contribution in [0.25, 0.3) is 0 Å². The molecule has 1 aromatic carbocycles. The van der Waals surface area contributed by atoms with Gasteiger partial charge in [0.05, 0.1) is 5.56 Å². The average Bonchev–Trinajstić information content (AvgIpc) is 2.98. The summed E-state index contributed by atoms with van der Waals surface area (Å²) in [5, 5.41) is 12.5. The van der Waals surface area contributed by atoms with Crippen LogP contribution in [-0.4, -0.2) is 38.5 Å². The van der Waals surface area contributed by atoms with E-state index in [4.69, 9.17) is 24.1 Å². The van der Waals surface area contributed by atoms with Crippen molar-refractivity contribution in [3.63, 3.8) is 0 Å². The van der Waals surface area contributed by atoms with Crippen molar-refractivity contribution in [1.29, 1.82) is 0 Å². The number of rotatable bonds is 9. The molecule has 0 radical (unpaired) electrons. The number of ether oxygens (including phenoxy) is 4. The van der Waals surface area contributed by atoms with Crippen molar-refractivity contribution in [3.05, 3.63) is 17.7 Å². The average molecular weight is 297 g/mol. The van der Waals surface area contributed by atoms with Crippen LogP contribution in [0.15, 0.2) is 12.1 Å². The van der Waals surface area contributed by atoms with Crippen molar-refractivity contribution in [1.82, 2.24) is 5.32 Å². The SMILES string of the molecule is CCC(CCO)NCc1c(OCOC)ccc2c1OCO2. The van der Waals surface area contributed by atoms with Crippen LogP contribution in [0, 0.1) is 0 Å². The van der Waals surface area contributed by atoms with Gasteiger partial charge in [-0.1, -0.05) is 6.92 Å². The van der Waals surface area contributed by atoms with E-state index in [0.717, 1.165) is 29.9 Å². The zero-order chi connectivity index (χ0) is 15.1. The molecule has 1 heterocycles. The van der Waals surface area contributed by atoms with E-state index in [1.807, 2.05) is 12.1 Å². The van der Waals surface area contributed by atoms with E-state index >= 15 is 0 Å². The minimum atomic E-state index is 0.172. The molecular formula is C15H23NO5. The van der Waals surface area contributed by atoms with Crippen molar-refractivity contribution in [2.24, 2.45) is 0 Å². The molecule has 0 saturated heterocycles. The third kappa shape index (κ3) is 4.00. The number of aliphatic hydroxyl groups is 1. The van der Waals surface area contributed by atoms with E-state index < -0.39 is 0 Å². The lowest BCUT2D eigenvalue weighted by Crippen LogP contribution is -2.29. The largest absolute Gasteiger partial charge is 0.467 e. The van der Waals surface area contributed by atoms with Gasteiger partial charge in [0, 0.05) is 26.3 Å². The van der Waals surface area contributed by atoms with Gasteiger partial charge >= 0.3 is 0 Å². The highest BCUT2D eigenvalue weighted by Gasteiger charge is 2.22. The second-order valence-corrected chi connectivity index (χ2v) is 4.83. The molecule has 2 rings (SSSR count). The first-order valence-electron chi connectivity index (χ1n) is 7.17. The van der Waals surface area contributed by atoms with Crippen molar-refractivity contribution in [2.75, 3.05) is 27.3 Å². The summed E-state index contributed by atoms with van der Waals surface area (Å²) in [6, 6.07) is 3.95. The Kier molecular flexibility index (Phi) is 6.10. The maximum absolute atomic E-state index is 9.06. The minimum absolute atomic E-state index is 0.172. The van der Waals surface area contributed by atoms with Gasteiger partial charge in [0.2, 0.25) is 6.79 Å². The molecule has 0 bridgehead atoms. The number of benzene rings is 1. The van der Waals surface area contributed by atoms with Crippen molar-refractivity contribution in [2.45, 2.75) is 32.4 Å². The molecule has 0 spiro atoms. The Morgan fingerprint density at radius 3 is 2.95 bits per heavy atom. The van der Waals surface area contributed by atoms with Gasteiger partial charge in [-0.05, 0) is 25.0 Å². The van der Waals surface area contributed by atoms with Gasteiger partial charge in [0.25, 0.3) is 0 Å². The lowest BCUT2D eigenvalue weighted by Gasteiger charge is -2.18. The second-order valence-electron chi connectivity index (χ2n) is 4.83. The summed E-state index contributed by atoms with van der Waals surface area (Å²) in [7, 11) is 1.58. The lowest BCUT2D eigenvalue weighted by atomic mass is 10.1. The van der Waals surface area contributed by atoms with E-state index in [2.05, 4.69) is 12.2 Å². The van der Waals surface area contributed by atoms with Crippen LogP contribution in [0.1, 0.15) is 25.3 Å². The number of hydrogen-bond acceptors (Lipinski definition) is 6. The Balaban J connectivity index is 2.13. The van der Waals surface area contributed by atoms with E-state index in [0.29, 0.717) is 12.3 Å². The van der Waals surface area contributed by atoms with E-state index in [-0.39, 0.29) is 26.2 Å². The molecule has 0 fully saturated rings. The highest BCUT2D eigenvalue weighted by Crippen LogP contribution is 2.40. The van der Waals surface area contributed by atoms with Crippen LogP contribution in [0.4, 0.5) is 0 Å². The topological polar surface area (TPSA) is 69.2 Å². The number of hydrogen-bond donors (Lipinski definition) is 2. The maximum atomic E-state index is 9.06. The van der Waals surface area contributed by atoms with Crippen LogP contribution in [0.2, 0.25) is 0 Å². The van der Waals surface area contributed by atoms with E-state index in [1.54, 1.807) is 7.11 Å². The Hall–Kier alpha value is -1.50. The van der Waals surface area contributed by atoms with E-state index in [9.17, 15) is 0 Å². The van der Waals surface area contributed by atoms with E-state index in [1.165, 1.54) is 0 Å². The van der Waals surface area contributed by atoms with Crippen LogP contribution < -0.4 is 19.5 Å². The summed E-state index contributed by atoms with van der Waals surface area (Å²) >= 11 is 0. The fourth-order valence-corrected chi connectivity index (χ4v) is 2.29. The molecule has 1 aromatic rings. The van der Waals surface area contributed by atoms with Gasteiger partial charge in [0.15, 0.2) is 18.3 Å². The number of aliphatic hydroxyl groups excluding tert-OH is 1. The zero-order valence-electron chi connectivity index (χ0n) is 12.6. The van der Waals surface area contributed by atoms with Crippen LogP contribution in [-0.2, 0) is 11.3 Å². The molecule has 1 atom stereocenters. The Morgan fingerprint density at radius 1 is 1.38 bits per heavy atom. The van der Waals surface area contributed by atoms with Crippen molar-refractivity contribution in [3.8, 4) is 17.2 Å². The zero-order valence-corrected chi connectivity index (χ0v) is 12.6. The Labute approximate surface area is 125 Å². The van der Waals surface area contributed by atoms with Gasteiger partial charge in [-0.3, -0.25) is 0 Å². The predicted octanol–water partition coefficient (Wildman–Crippen LogP) is 1.65. The molecule has 21 heavy (non-hydrogen) atoms. The molecule has 118 valence electrons. The van der Waals surface area contributed by atoms with Crippen molar-refractivity contribution >= 4 is 0 Å². The molecule has 1 unspecified atom stereocenters. The molecule has 0 aromatic heterocycles. The molecule has 0 aliphatic carbocycles. The summed E-state index contributed by atoms with van der Waals surface area (Å²) in [5.74, 6) is 2.16. The summed E-state index contributed by atoms with van der Waals surface area (Å²) in [6.07, 6.45) is 1.67.